The molecule has 0 saturated heterocycles. The van der Waals surface area contributed by atoms with Crippen LogP contribution in [0.2, 0.25) is 0 Å². The normalized spacial score (nSPS) is 13.1. The van der Waals surface area contributed by atoms with Crippen LogP contribution in [0.4, 0.5) is 0 Å². The third-order valence-electron chi connectivity index (χ3n) is 4.02. The Kier molecular flexibility index (Phi) is 8.05. The van der Waals surface area contributed by atoms with Gasteiger partial charge in [0.2, 0.25) is 10.0 Å². The molecular formula is C17H30N2O4S2. The van der Waals surface area contributed by atoms with Crippen molar-refractivity contribution >= 4 is 19.9 Å². The second-order valence-electron chi connectivity index (χ2n) is 6.53. The molecule has 0 atom stereocenters. The van der Waals surface area contributed by atoms with Gasteiger partial charge in [-0.25, -0.2) is 16.8 Å². The van der Waals surface area contributed by atoms with Crippen molar-refractivity contribution in [3.63, 3.8) is 0 Å². The molecule has 1 rings (SSSR count). The van der Waals surface area contributed by atoms with Gasteiger partial charge in [-0.1, -0.05) is 27.7 Å². The molecule has 0 aliphatic heterocycles. The monoisotopic (exact) mass is 390 g/mol. The van der Waals surface area contributed by atoms with Crippen molar-refractivity contribution in [2.24, 2.45) is 5.92 Å². The molecule has 144 valence electrons. The van der Waals surface area contributed by atoms with E-state index in [4.69, 9.17) is 0 Å². The molecule has 0 radical (unpaired) electrons. The number of hydrogen-bond donors (Lipinski definition) is 0. The first kappa shape index (κ1) is 22.1. The smallest absolute Gasteiger partial charge is 0.243 e. The Morgan fingerprint density at radius 2 is 1.36 bits per heavy atom. The number of rotatable bonds is 10. The summed E-state index contributed by atoms with van der Waals surface area (Å²) in [6, 6.07) is 5.44. The molecule has 0 N–H and O–H groups in total. The van der Waals surface area contributed by atoms with Gasteiger partial charge in [0, 0.05) is 25.9 Å². The van der Waals surface area contributed by atoms with Crippen molar-refractivity contribution in [1.82, 2.24) is 9.21 Å². The molecule has 0 aliphatic carbocycles. The Morgan fingerprint density at radius 3 is 1.76 bits per heavy atom. The Balaban J connectivity index is 3.09. The average Bonchev–Trinajstić information content (AvgIpc) is 2.53. The molecule has 0 aliphatic rings. The maximum atomic E-state index is 13.0. The third-order valence-corrected chi connectivity index (χ3v) is 7.03. The van der Waals surface area contributed by atoms with Crippen LogP contribution in [0.25, 0.3) is 0 Å². The fourth-order valence-corrected chi connectivity index (χ4v) is 4.74. The Bertz CT molecular complexity index is 737. The van der Waals surface area contributed by atoms with Gasteiger partial charge in [0.05, 0.1) is 9.79 Å². The van der Waals surface area contributed by atoms with E-state index in [1.54, 1.807) is 0 Å². The van der Waals surface area contributed by atoms with Crippen LogP contribution in [0, 0.1) is 5.92 Å². The first-order chi connectivity index (χ1) is 11.5. The molecule has 25 heavy (non-hydrogen) atoms. The van der Waals surface area contributed by atoms with Crippen LogP contribution >= 0.6 is 0 Å². The number of benzene rings is 1. The van der Waals surface area contributed by atoms with Crippen molar-refractivity contribution < 1.29 is 16.8 Å². The summed E-state index contributed by atoms with van der Waals surface area (Å²) in [6.45, 7) is 11.3. The van der Waals surface area contributed by atoms with Crippen molar-refractivity contribution in [2.45, 2.75) is 37.5 Å². The minimum absolute atomic E-state index is 0.116. The molecule has 0 saturated carbocycles. The van der Waals surface area contributed by atoms with Crippen molar-refractivity contribution in [3.05, 3.63) is 24.3 Å². The largest absolute Gasteiger partial charge is 0.303 e. The maximum Gasteiger partial charge on any atom is 0.243 e. The highest BCUT2D eigenvalue weighted by atomic mass is 32.2. The van der Waals surface area contributed by atoms with Crippen LogP contribution in [-0.2, 0) is 19.9 Å². The summed E-state index contributed by atoms with van der Waals surface area (Å²) >= 11 is 0. The topological polar surface area (TPSA) is 74.8 Å². The van der Waals surface area contributed by atoms with E-state index < -0.39 is 19.9 Å². The van der Waals surface area contributed by atoms with Crippen LogP contribution < -0.4 is 0 Å². The predicted molar refractivity (Wildman–Crippen MR) is 101 cm³/mol. The summed E-state index contributed by atoms with van der Waals surface area (Å²) in [5.41, 5.74) is 0. The highest BCUT2D eigenvalue weighted by Gasteiger charge is 2.25. The molecule has 0 bridgehead atoms. The van der Waals surface area contributed by atoms with E-state index in [-0.39, 0.29) is 15.7 Å². The van der Waals surface area contributed by atoms with Gasteiger partial charge in [0.1, 0.15) is 0 Å². The van der Waals surface area contributed by atoms with Crippen LogP contribution in [0.15, 0.2) is 34.1 Å². The summed E-state index contributed by atoms with van der Waals surface area (Å²) < 4.78 is 50.5. The van der Waals surface area contributed by atoms with Gasteiger partial charge in [-0.2, -0.15) is 4.31 Å². The van der Waals surface area contributed by atoms with Gasteiger partial charge in [-0.3, -0.25) is 0 Å². The fourth-order valence-electron chi connectivity index (χ4n) is 2.52. The van der Waals surface area contributed by atoms with E-state index in [1.165, 1.54) is 28.6 Å². The summed E-state index contributed by atoms with van der Waals surface area (Å²) in [4.78, 5) is 2.42. The van der Waals surface area contributed by atoms with Crippen LogP contribution in [0.5, 0.6) is 0 Å². The van der Waals surface area contributed by atoms with E-state index in [0.717, 1.165) is 19.3 Å². The van der Waals surface area contributed by atoms with Crippen molar-refractivity contribution in [1.29, 1.82) is 0 Å². The quantitative estimate of drug-likeness (QED) is 0.611. The molecular weight excluding hydrogens is 360 g/mol. The van der Waals surface area contributed by atoms with Crippen LogP contribution in [-0.4, -0.2) is 65.0 Å². The second kappa shape index (κ2) is 9.12. The van der Waals surface area contributed by atoms with Gasteiger partial charge in [0.15, 0.2) is 9.84 Å². The Labute approximate surface area is 152 Å². The highest BCUT2D eigenvalue weighted by Crippen LogP contribution is 2.19. The summed E-state index contributed by atoms with van der Waals surface area (Å²) in [7, 11) is -7.01. The standard InChI is InChI=1S/C17H30N2O4S2/c1-6-18(7-2)12-13-19(14-15(3)4)25(22,23)17-10-8-16(9-11-17)24(5,20)21/h8-11,15H,6-7,12-14H2,1-5H3. The van der Waals surface area contributed by atoms with Gasteiger partial charge in [-0.05, 0) is 43.3 Å². The Morgan fingerprint density at radius 1 is 0.880 bits per heavy atom. The molecule has 0 fully saturated rings. The lowest BCUT2D eigenvalue weighted by atomic mass is 10.2. The van der Waals surface area contributed by atoms with Gasteiger partial charge >= 0.3 is 0 Å². The molecule has 0 amide bonds. The minimum atomic E-state index is -3.66. The molecule has 0 heterocycles. The minimum Gasteiger partial charge on any atom is -0.303 e. The summed E-state index contributed by atoms with van der Waals surface area (Å²) in [6.07, 6.45) is 1.10. The maximum absolute atomic E-state index is 13.0. The number of nitrogens with zero attached hydrogens (tertiary/aromatic N) is 2. The number of hydrogen-bond acceptors (Lipinski definition) is 5. The lowest BCUT2D eigenvalue weighted by Crippen LogP contribution is -2.40. The average molecular weight is 391 g/mol. The van der Waals surface area contributed by atoms with E-state index in [0.29, 0.717) is 19.6 Å². The molecule has 6 nitrogen and oxygen atoms in total. The van der Waals surface area contributed by atoms with Gasteiger partial charge in [0.25, 0.3) is 0 Å². The summed E-state index contributed by atoms with van der Waals surface area (Å²) in [5, 5.41) is 0. The number of likely N-dealkylation sites (N-methyl/N-ethyl adjacent to an activating group) is 1. The van der Waals surface area contributed by atoms with Crippen LogP contribution in [0.1, 0.15) is 27.7 Å². The SMILES string of the molecule is CCN(CC)CCN(CC(C)C)S(=O)(=O)c1ccc(S(C)(=O)=O)cc1. The lowest BCUT2D eigenvalue weighted by molar-refractivity contribution is 0.262. The zero-order valence-electron chi connectivity index (χ0n) is 15.8. The van der Waals surface area contributed by atoms with Crippen LogP contribution in [0.3, 0.4) is 0 Å². The van der Waals surface area contributed by atoms with E-state index in [1.807, 2.05) is 13.8 Å². The molecule has 0 spiro atoms. The predicted octanol–water partition coefficient (Wildman–Crippen LogP) is 2.08. The van der Waals surface area contributed by atoms with Crippen molar-refractivity contribution in [3.8, 4) is 0 Å². The molecule has 1 aromatic rings. The highest BCUT2D eigenvalue weighted by molar-refractivity contribution is 7.90. The Hall–Kier alpha value is -0.960. The number of sulfonamides is 1. The zero-order chi connectivity index (χ0) is 19.3. The molecule has 8 heteroatoms. The summed E-state index contributed by atoms with van der Waals surface area (Å²) in [5.74, 6) is 0.196. The first-order valence-corrected chi connectivity index (χ1v) is 11.9. The molecule has 1 aromatic carbocycles. The zero-order valence-corrected chi connectivity index (χ0v) is 17.4. The first-order valence-electron chi connectivity index (χ1n) is 8.55. The van der Waals surface area contributed by atoms with E-state index >= 15 is 0 Å². The van der Waals surface area contributed by atoms with Gasteiger partial charge in [-0.15, -0.1) is 0 Å². The third kappa shape index (κ3) is 6.36. The van der Waals surface area contributed by atoms with Gasteiger partial charge < -0.3 is 4.90 Å². The fraction of sp³-hybridized carbons (Fsp3) is 0.647. The van der Waals surface area contributed by atoms with E-state index in [2.05, 4.69) is 18.7 Å². The molecule has 0 aromatic heterocycles. The second-order valence-corrected chi connectivity index (χ2v) is 10.5. The van der Waals surface area contributed by atoms with Crippen molar-refractivity contribution in [2.75, 3.05) is 39.0 Å². The van der Waals surface area contributed by atoms with E-state index in [9.17, 15) is 16.8 Å². The number of sulfone groups is 1. The molecule has 0 unspecified atom stereocenters. The lowest BCUT2D eigenvalue weighted by Gasteiger charge is -2.27.